The van der Waals surface area contributed by atoms with Crippen molar-refractivity contribution in [3.05, 3.63) is 70.9 Å². The molecule has 1 fully saturated rings. The molecule has 33 heavy (non-hydrogen) atoms. The number of benzene rings is 2. The van der Waals surface area contributed by atoms with E-state index in [0.29, 0.717) is 30.1 Å². The lowest BCUT2D eigenvalue weighted by Gasteiger charge is -2.39. The highest BCUT2D eigenvalue weighted by atomic mass is 35.5. The summed E-state index contributed by atoms with van der Waals surface area (Å²) in [5.74, 6) is -0.0309. The van der Waals surface area contributed by atoms with Gasteiger partial charge in [-0.25, -0.2) is 0 Å². The fourth-order valence-electron chi connectivity index (χ4n) is 4.48. The van der Waals surface area contributed by atoms with E-state index in [-0.39, 0.29) is 12.0 Å². The highest BCUT2D eigenvalue weighted by molar-refractivity contribution is 6.30. The van der Waals surface area contributed by atoms with Gasteiger partial charge in [-0.2, -0.15) is 10.4 Å². The zero-order chi connectivity index (χ0) is 22.8. The third-order valence-corrected chi connectivity index (χ3v) is 6.35. The number of anilines is 1. The average Bonchev–Trinajstić information content (AvgIpc) is 3.50. The van der Waals surface area contributed by atoms with E-state index in [2.05, 4.69) is 11.4 Å². The first-order valence-corrected chi connectivity index (χ1v) is 11.5. The number of halogens is 1. The van der Waals surface area contributed by atoms with Gasteiger partial charge in [0.15, 0.2) is 0 Å². The summed E-state index contributed by atoms with van der Waals surface area (Å²) in [7, 11) is 0. The van der Waals surface area contributed by atoms with Crippen molar-refractivity contribution in [1.29, 1.82) is 5.26 Å². The third-order valence-electron chi connectivity index (χ3n) is 6.10. The molecule has 0 bridgehead atoms. The van der Waals surface area contributed by atoms with Crippen molar-refractivity contribution >= 4 is 23.2 Å². The molecule has 1 amide bonds. The minimum absolute atomic E-state index is 0.0103. The number of nitrogens with one attached hydrogen (secondary N) is 1. The van der Waals surface area contributed by atoms with Gasteiger partial charge >= 0.3 is 0 Å². The second-order valence-corrected chi connectivity index (χ2v) is 8.73. The first-order valence-electron chi connectivity index (χ1n) is 11.1. The standard InChI is InChI=1S/C25H24ClN5O2/c26-18-10-8-17(9-11-18)23-21(16-30(29-23)13-4-12-27)24-28-22-7-2-1-6-20(22)25(32)31(24)15-19-5-3-14-33-19/h1-2,6-11,16,19,24,28H,3-5,13-15H2/t19-,24+/m1/s1. The van der Waals surface area contributed by atoms with Crippen molar-refractivity contribution in [3.8, 4) is 17.3 Å². The van der Waals surface area contributed by atoms with Crippen LogP contribution in [0.5, 0.6) is 0 Å². The van der Waals surface area contributed by atoms with Crippen LogP contribution in [0, 0.1) is 11.3 Å². The summed E-state index contributed by atoms with van der Waals surface area (Å²) in [6, 6.07) is 17.2. The molecule has 0 spiro atoms. The molecule has 1 saturated heterocycles. The molecule has 168 valence electrons. The van der Waals surface area contributed by atoms with Gasteiger partial charge in [-0.15, -0.1) is 0 Å². The number of hydrogen-bond acceptors (Lipinski definition) is 5. The number of nitriles is 1. The van der Waals surface area contributed by atoms with Gasteiger partial charge in [-0.1, -0.05) is 35.9 Å². The van der Waals surface area contributed by atoms with Crippen LogP contribution >= 0.6 is 11.6 Å². The maximum atomic E-state index is 13.6. The molecular formula is C25H24ClN5O2. The molecule has 2 aromatic carbocycles. The zero-order valence-electron chi connectivity index (χ0n) is 18.1. The van der Waals surface area contributed by atoms with Gasteiger partial charge in [0, 0.05) is 41.2 Å². The Morgan fingerprint density at radius 3 is 2.79 bits per heavy atom. The van der Waals surface area contributed by atoms with Gasteiger partial charge in [-0.3, -0.25) is 9.48 Å². The van der Waals surface area contributed by atoms with Crippen molar-refractivity contribution in [1.82, 2.24) is 14.7 Å². The Morgan fingerprint density at radius 2 is 2.03 bits per heavy atom. The number of amides is 1. The molecule has 2 atom stereocenters. The highest BCUT2D eigenvalue weighted by Crippen LogP contribution is 2.38. The lowest BCUT2D eigenvalue weighted by Crippen LogP contribution is -2.46. The number of rotatable bonds is 6. The van der Waals surface area contributed by atoms with Crippen molar-refractivity contribution in [2.45, 2.75) is 38.1 Å². The fraction of sp³-hybridized carbons (Fsp3) is 0.320. The van der Waals surface area contributed by atoms with E-state index < -0.39 is 6.17 Å². The van der Waals surface area contributed by atoms with Gasteiger partial charge in [0.05, 0.1) is 36.4 Å². The Kier molecular flexibility index (Phi) is 6.03. The van der Waals surface area contributed by atoms with Crippen molar-refractivity contribution in [2.24, 2.45) is 0 Å². The van der Waals surface area contributed by atoms with E-state index in [0.717, 1.165) is 42.0 Å². The Labute approximate surface area is 197 Å². The minimum atomic E-state index is -0.418. The van der Waals surface area contributed by atoms with Gasteiger partial charge in [0.25, 0.3) is 5.91 Å². The van der Waals surface area contributed by atoms with Crippen LogP contribution in [-0.4, -0.2) is 39.8 Å². The van der Waals surface area contributed by atoms with Crippen molar-refractivity contribution < 1.29 is 9.53 Å². The number of aryl methyl sites for hydroxylation is 1. The van der Waals surface area contributed by atoms with Crippen molar-refractivity contribution in [2.75, 3.05) is 18.5 Å². The SMILES string of the molecule is N#CCCn1cc([C@H]2Nc3ccccc3C(=O)N2C[C@H]2CCCO2)c(-c2ccc(Cl)cc2)n1. The largest absolute Gasteiger partial charge is 0.376 e. The Bertz CT molecular complexity index is 1190. The molecule has 2 aliphatic heterocycles. The molecule has 0 radical (unpaired) electrons. The average molecular weight is 462 g/mol. The number of hydrogen-bond donors (Lipinski definition) is 1. The molecule has 1 N–H and O–H groups in total. The van der Waals surface area contributed by atoms with Crippen LogP contribution in [0.25, 0.3) is 11.3 Å². The molecule has 2 aliphatic rings. The number of fused-ring (bicyclic) bond motifs is 1. The summed E-state index contributed by atoms with van der Waals surface area (Å²) >= 11 is 6.11. The smallest absolute Gasteiger partial charge is 0.257 e. The van der Waals surface area contributed by atoms with Gasteiger partial charge < -0.3 is 15.0 Å². The molecule has 5 rings (SSSR count). The number of aromatic nitrogens is 2. The lowest BCUT2D eigenvalue weighted by atomic mass is 10.0. The predicted octanol–water partition coefficient (Wildman–Crippen LogP) is 4.86. The summed E-state index contributed by atoms with van der Waals surface area (Å²) in [5.41, 5.74) is 3.97. The van der Waals surface area contributed by atoms with E-state index in [4.69, 9.17) is 26.7 Å². The first kappa shape index (κ1) is 21.5. The van der Waals surface area contributed by atoms with E-state index in [1.54, 1.807) is 4.68 Å². The molecule has 0 aliphatic carbocycles. The summed E-state index contributed by atoms with van der Waals surface area (Å²) in [5, 5.41) is 18.1. The number of nitrogens with zero attached hydrogens (tertiary/aromatic N) is 4. The van der Waals surface area contributed by atoms with Crippen LogP contribution in [-0.2, 0) is 11.3 Å². The van der Waals surface area contributed by atoms with Gasteiger partial charge in [0.2, 0.25) is 0 Å². The molecule has 3 heterocycles. The molecule has 7 nitrogen and oxygen atoms in total. The van der Waals surface area contributed by atoms with Crippen LogP contribution in [0.4, 0.5) is 5.69 Å². The monoisotopic (exact) mass is 461 g/mol. The van der Waals surface area contributed by atoms with E-state index >= 15 is 0 Å². The van der Waals surface area contributed by atoms with E-state index in [1.165, 1.54) is 0 Å². The molecule has 1 aromatic heterocycles. The van der Waals surface area contributed by atoms with E-state index in [9.17, 15) is 4.79 Å². The molecule has 0 unspecified atom stereocenters. The zero-order valence-corrected chi connectivity index (χ0v) is 18.8. The Hall–Kier alpha value is -3.34. The van der Waals surface area contributed by atoms with Gasteiger partial charge in [-0.05, 0) is 37.1 Å². The summed E-state index contributed by atoms with van der Waals surface area (Å²) < 4.78 is 7.65. The quantitative estimate of drug-likeness (QED) is 0.566. The molecule has 3 aromatic rings. The fourth-order valence-corrected chi connectivity index (χ4v) is 4.61. The topological polar surface area (TPSA) is 83.2 Å². The van der Waals surface area contributed by atoms with Crippen LogP contribution in [0.15, 0.2) is 54.7 Å². The first-order chi connectivity index (χ1) is 16.1. The number of carbonyl (C=O) groups is 1. The minimum Gasteiger partial charge on any atom is -0.376 e. The maximum absolute atomic E-state index is 13.6. The normalized spacial score (nSPS) is 19.8. The highest BCUT2D eigenvalue weighted by Gasteiger charge is 2.37. The second kappa shape index (κ2) is 9.26. The maximum Gasteiger partial charge on any atom is 0.257 e. The number of ether oxygens (including phenoxy) is 1. The molecule has 0 saturated carbocycles. The third kappa shape index (κ3) is 4.32. The Morgan fingerprint density at radius 1 is 1.21 bits per heavy atom. The molecule has 8 heteroatoms. The van der Waals surface area contributed by atoms with Gasteiger partial charge in [0.1, 0.15) is 6.17 Å². The van der Waals surface area contributed by atoms with Crippen LogP contribution < -0.4 is 5.32 Å². The second-order valence-electron chi connectivity index (χ2n) is 8.30. The van der Waals surface area contributed by atoms with Crippen molar-refractivity contribution in [3.63, 3.8) is 0 Å². The van der Waals surface area contributed by atoms with Crippen LogP contribution in [0.3, 0.4) is 0 Å². The molecular weight excluding hydrogens is 438 g/mol. The number of carbonyl (C=O) groups excluding carboxylic acids is 1. The number of para-hydroxylation sites is 1. The van der Waals surface area contributed by atoms with E-state index in [1.807, 2.05) is 59.6 Å². The Balaban J connectivity index is 1.59. The summed E-state index contributed by atoms with van der Waals surface area (Å²) in [6.07, 6.45) is 3.81. The predicted molar refractivity (Wildman–Crippen MR) is 126 cm³/mol. The summed E-state index contributed by atoms with van der Waals surface area (Å²) in [6.45, 7) is 1.69. The lowest BCUT2D eigenvalue weighted by molar-refractivity contribution is 0.0427. The van der Waals surface area contributed by atoms with Crippen LogP contribution in [0.2, 0.25) is 5.02 Å². The van der Waals surface area contributed by atoms with Crippen LogP contribution in [0.1, 0.15) is 41.3 Å². The summed E-state index contributed by atoms with van der Waals surface area (Å²) in [4.78, 5) is 15.5.